The highest BCUT2D eigenvalue weighted by Gasteiger charge is 2.37. The molecule has 0 aromatic heterocycles. The van der Waals surface area contributed by atoms with Crippen LogP contribution in [0.3, 0.4) is 0 Å². The van der Waals surface area contributed by atoms with Crippen LogP contribution >= 0.6 is 0 Å². The van der Waals surface area contributed by atoms with Crippen LogP contribution in [0.25, 0.3) is 0 Å². The van der Waals surface area contributed by atoms with Crippen molar-refractivity contribution in [1.29, 1.82) is 0 Å². The molecule has 0 spiro atoms. The molecule has 0 saturated heterocycles. The minimum atomic E-state index is -2.06. The van der Waals surface area contributed by atoms with Gasteiger partial charge in [-0.1, -0.05) is 20.8 Å². The summed E-state index contributed by atoms with van der Waals surface area (Å²) in [5.74, 6) is -5.91. The van der Waals surface area contributed by atoms with E-state index in [9.17, 15) is 22.8 Å². The summed E-state index contributed by atoms with van der Waals surface area (Å²) in [5.41, 5.74) is 4.28. The highest BCUT2D eigenvalue weighted by Crippen LogP contribution is 2.36. The quantitative estimate of drug-likeness (QED) is 0.702. The normalized spacial score (nSPS) is 13.4. The molecule has 0 heterocycles. The molecular weight excluding hydrogens is 365 g/mol. The Kier molecular flexibility index (Phi) is 7.00. The first kappa shape index (κ1) is 22.2. The Morgan fingerprint density at radius 2 is 1.69 bits per heavy atom. The average molecular weight is 390 g/mol. The van der Waals surface area contributed by atoms with Crippen LogP contribution in [0, 0.1) is 17.5 Å². The molecule has 0 unspecified atom stereocenters. The van der Waals surface area contributed by atoms with Crippen LogP contribution in [0.15, 0.2) is 12.1 Å². The second-order valence-corrected chi connectivity index (χ2v) is 12.4. The molecule has 1 rings (SSSR count). The van der Waals surface area contributed by atoms with Crippen molar-refractivity contribution in [2.75, 3.05) is 6.61 Å². The summed E-state index contributed by atoms with van der Waals surface area (Å²) < 4.78 is 46.2. The number of hydrogen-bond acceptors (Lipinski definition) is 3. The number of primary amides is 1. The number of nitrogens with two attached hydrogens (primary N) is 1. The smallest absolute Gasteiger partial charge is 0.257 e. The maximum absolute atomic E-state index is 13.7. The van der Waals surface area contributed by atoms with Crippen molar-refractivity contribution in [3.8, 4) is 0 Å². The first-order chi connectivity index (χ1) is 11.8. The molecule has 0 saturated carbocycles. The lowest BCUT2D eigenvalue weighted by molar-refractivity contribution is -0.120. The second-order valence-electron chi connectivity index (χ2n) is 7.57. The molecule has 1 aromatic carbocycles. The number of carbonyl (C=O) groups excluding carboxylic acids is 2. The Morgan fingerprint density at radius 3 is 2.12 bits per heavy atom. The Morgan fingerprint density at radius 1 is 1.19 bits per heavy atom. The molecule has 0 aliphatic rings. The average Bonchev–Trinajstić information content (AvgIpc) is 2.43. The van der Waals surface area contributed by atoms with Gasteiger partial charge < -0.3 is 15.5 Å². The maximum Gasteiger partial charge on any atom is 0.257 e. The first-order valence-electron chi connectivity index (χ1n) is 8.15. The summed E-state index contributed by atoms with van der Waals surface area (Å²) in [5, 5.41) is 2.14. The van der Waals surface area contributed by atoms with Crippen LogP contribution in [0.2, 0.25) is 18.1 Å². The molecule has 26 heavy (non-hydrogen) atoms. The minimum absolute atomic E-state index is 0.0428. The Labute approximate surface area is 152 Å². The van der Waals surface area contributed by atoms with Crippen molar-refractivity contribution in [1.82, 2.24) is 5.32 Å². The van der Waals surface area contributed by atoms with Crippen LogP contribution < -0.4 is 11.1 Å². The first-order valence-corrected chi connectivity index (χ1v) is 11.1. The van der Waals surface area contributed by atoms with Gasteiger partial charge in [-0.2, -0.15) is 0 Å². The molecule has 3 N–H and O–H groups in total. The summed E-state index contributed by atoms with van der Waals surface area (Å²) in [6.45, 7) is 10.3. The summed E-state index contributed by atoms with van der Waals surface area (Å²) >= 11 is 0. The monoisotopic (exact) mass is 390 g/mol. The zero-order valence-corrected chi connectivity index (χ0v) is 16.6. The fourth-order valence-corrected chi connectivity index (χ4v) is 2.98. The van der Waals surface area contributed by atoms with Gasteiger partial charge in [0, 0.05) is 18.7 Å². The Hall–Kier alpha value is -1.87. The molecule has 1 aromatic rings. The van der Waals surface area contributed by atoms with E-state index in [4.69, 9.17) is 10.2 Å². The van der Waals surface area contributed by atoms with Crippen LogP contribution in [0.1, 0.15) is 37.6 Å². The minimum Gasteiger partial charge on any atom is -0.417 e. The van der Waals surface area contributed by atoms with Gasteiger partial charge >= 0.3 is 0 Å². The topological polar surface area (TPSA) is 81.4 Å². The van der Waals surface area contributed by atoms with E-state index in [0.29, 0.717) is 12.1 Å². The maximum atomic E-state index is 13.7. The lowest BCUT2D eigenvalue weighted by Gasteiger charge is -2.36. The van der Waals surface area contributed by atoms with Gasteiger partial charge in [-0.25, -0.2) is 13.2 Å². The van der Waals surface area contributed by atoms with Crippen LogP contribution in [0.4, 0.5) is 13.2 Å². The van der Waals surface area contributed by atoms with E-state index in [-0.39, 0.29) is 18.1 Å². The highest BCUT2D eigenvalue weighted by atomic mass is 28.4. The molecule has 2 amide bonds. The molecule has 0 bridgehead atoms. The molecule has 0 fully saturated rings. The summed E-state index contributed by atoms with van der Waals surface area (Å²) in [7, 11) is -2.06. The number of halogens is 3. The van der Waals surface area contributed by atoms with E-state index in [1.807, 2.05) is 33.9 Å². The number of hydrogen-bond donors (Lipinski definition) is 2. The zero-order chi connectivity index (χ0) is 20.3. The molecular formula is C17H25F3N2O3Si. The van der Waals surface area contributed by atoms with Crippen molar-refractivity contribution < 1.29 is 27.2 Å². The van der Waals surface area contributed by atoms with E-state index in [0.717, 1.165) is 0 Å². The van der Waals surface area contributed by atoms with Gasteiger partial charge in [-0.15, -0.1) is 0 Å². The number of amides is 2. The van der Waals surface area contributed by atoms with Crippen LogP contribution in [-0.4, -0.2) is 32.8 Å². The van der Waals surface area contributed by atoms with E-state index >= 15 is 0 Å². The highest BCUT2D eigenvalue weighted by molar-refractivity contribution is 6.74. The molecule has 0 aliphatic carbocycles. The molecule has 0 radical (unpaired) electrons. The van der Waals surface area contributed by atoms with Crippen molar-refractivity contribution in [2.45, 2.75) is 51.4 Å². The van der Waals surface area contributed by atoms with Crippen molar-refractivity contribution in [3.63, 3.8) is 0 Å². The Bertz CT molecular complexity index is 667. The van der Waals surface area contributed by atoms with E-state index in [2.05, 4.69) is 5.32 Å². The van der Waals surface area contributed by atoms with E-state index < -0.39 is 49.2 Å². The fraction of sp³-hybridized carbons (Fsp3) is 0.529. The summed E-state index contributed by atoms with van der Waals surface area (Å²) in [4.78, 5) is 23.6. The lowest BCUT2D eigenvalue weighted by atomic mass is 10.1. The molecule has 5 nitrogen and oxygen atoms in total. The number of rotatable bonds is 7. The third kappa shape index (κ3) is 5.57. The van der Waals surface area contributed by atoms with Gasteiger partial charge in [0.2, 0.25) is 5.91 Å². The number of nitrogens with one attached hydrogen (secondary N) is 1. The molecule has 1 atom stereocenters. The third-order valence-electron chi connectivity index (χ3n) is 4.56. The van der Waals surface area contributed by atoms with Crippen LogP contribution in [0.5, 0.6) is 0 Å². The largest absolute Gasteiger partial charge is 0.417 e. The number of carbonyl (C=O) groups is 2. The summed E-state index contributed by atoms with van der Waals surface area (Å²) in [6.07, 6.45) is 0.0536. The number of benzene rings is 1. The molecule has 146 valence electrons. The predicted molar refractivity (Wildman–Crippen MR) is 94.5 cm³/mol. The van der Waals surface area contributed by atoms with Crippen LogP contribution in [-0.2, 0) is 9.22 Å². The van der Waals surface area contributed by atoms with Gasteiger partial charge in [0.25, 0.3) is 5.91 Å². The van der Waals surface area contributed by atoms with Gasteiger partial charge in [-0.05, 0) is 24.6 Å². The second kappa shape index (κ2) is 8.21. The van der Waals surface area contributed by atoms with E-state index in [1.54, 1.807) is 0 Å². The van der Waals surface area contributed by atoms with Crippen molar-refractivity contribution >= 4 is 20.1 Å². The van der Waals surface area contributed by atoms with Gasteiger partial charge in [0.1, 0.15) is 29.1 Å². The lowest BCUT2D eigenvalue weighted by Crippen LogP contribution is -2.47. The van der Waals surface area contributed by atoms with Gasteiger partial charge in [-0.3, -0.25) is 9.59 Å². The molecule has 0 aliphatic heterocycles. The zero-order valence-electron chi connectivity index (χ0n) is 15.6. The van der Waals surface area contributed by atoms with Gasteiger partial charge in [0.15, 0.2) is 8.32 Å². The van der Waals surface area contributed by atoms with Crippen molar-refractivity contribution in [3.05, 3.63) is 35.1 Å². The predicted octanol–water partition coefficient (Wildman–Crippen LogP) is 3.10. The molecule has 9 heteroatoms. The fourth-order valence-electron chi connectivity index (χ4n) is 1.92. The van der Waals surface area contributed by atoms with Crippen molar-refractivity contribution in [2.24, 2.45) is 5.73 Å². The Balaban J connectivity index is 2.81. The summed E-state index contributed by atoms with van der Waals surface area (Å²) in [6, 6.07) is -0.397. The standard InChI is InChI=1S/C17H25F3N2O3Si/c1-17(2,3)26(4,5)25-7-6-13(15(21)23)22-16(24)14-11(19)8-10(18)9-12(14)20/h8-9,13H,6-7H2,1-5H3,(H2,21,23)(H,22,24)/t13-/m0/s1. The van der Waals surface area contributed by atoms with Gasteiger partial charge in [0.05, 0.1) is 0 Å². The van der Waals surface area contributed by atoms with E-state index in [1.165, 1.54) is 0 Å². The SMILES string of the molecule is CC(C)(C)[Si](C)(C)OCC[C@H](NC(=O)c1c(F)cc(F)cc1F)C(N)=O. The third-order valence-corrected chi connectivity index (χ3v) is 9.10.